The third-order valence-corrected chi connectivity index (χ3v) is 5.17. The van der Waals surface area contributed by atoms with Crippen LogP contribution in [0.2, 0.25) is 0 Å². The SMILES string of the molecule is C/C=C/COc1cc(C)c(OCCCCCOc2cc(C)c(C=NOC)cc2C)c(C)c1. The van der Waals surface area contributed by atoms with Crippen molar-refractivity contribution in [3.05, 3.63) is 64.2 Å². The van der Waals surface area contributed by atoms with E-state index in [-0.39, 0.29) is 0 Å². The highest BCUT2D eigenvalue weighted by atomic mass is 16.6. The van der Waals surface area contributed by atoms with E-state index >= 15 is 0 Å². The van der Waals surface area contributed by atoms with Crippen molar-refractivity contribution in [1.29, 1.82) is 0 Å². The summed E-state index contributed by atoms with van der Waals surface area (Å²) in [6.45, 7) is 12.2. The van der Waals surface area contributed by atoms with Crippen LogP contribution in [0.5, 0.6) is 17.2 Å². The number of aryl methyl sites for hydroxylation is 4. The van der Waals surface area contributed by atoms with Crippen molar-refractivity contribution in [2.24, 2.45) is 5.16 Å². The van der Waals surface area contributed by atoms with Gasteiger partial charge in [-0.2, -0.15) is 0 Å². The topological polar surface area (TPSA) is 49.3 Å². The Morgan fingerprint density at radius 1 is 0.781 bits per heavy atom. The summed E-state index contributed by atoms with van der Waals surface area (Å²) in [6, 6.07) is 8.21. The summed E-state index contributed by atoms with van der Waals surface area (Å²) in [6.07, 6.45) is 8.74. The number of unbranched alkanes of at least 4 members (excludes halogenated alkanes) is 2. The molecule has 174 valence electrons. The molecular formula is C27H37NO4. The number of hydrogen-bond donors (Lipinski definition) is 0. The standard InChI is InChI=1S/C27H37NO4/c1-7-8-12-30-25-16-22(4)27(23(5)17-25)32-14-11-9-10-13-31-26-18-20(2)24(15-21(26)3)19-28-29-6/h7-8,15-19H,9-14H2,1-6H3/b8-7+,28-19?. The molecule has 0 N–H and O–H groups in total. The van der Waals surface area contributed by atoms with Crippen molar-refractivity contribution in [1.82, 2.24) is 0 Å². The predicted molar refractivity (Wildman–Crippen MR) is 132 cm³/mol. The zero-order valence-corrected chi connectivity index (χ0v) is 20.4. The van der Waals surface area contributed by atoms with Crippen molar-refractivity contribution in [2.75, 3.05) is 26.9 Å². The number of allylic oxidation sites excluding steroid dienone is 1. The van der Waals surface area contributed by atoms with E-state index in [1.54, 1.807) is 13.3 Å². The third kappa shape index (κ3) is 7.95. The highest BCUT2D eigenvalue weighted by Gasteiger charge is 2.08. The van der Waals surface area contributed by atoms with Gasteiger partial charge in [0.15, 0.2) is 0 Å². The minimum absolute atomic E-state index is 0.586. The zero-order chi connectivity index (χ0) is 23.3. The summed E-state index contributed by atoms with van der Waals surface area (Å²) < 4.78 is 17.8. The molecule has 0 heterocycles. The van der Waals surface area contributed by atoms with Crippen molar-refractivity contribution in [2.45, 2.75) is 53.9 Å². The lowest BCUT2D eigenvalue weighted by Crippen LogP contribution is -2.04. The van der Waals surface area contributed by atoms with E-state index in [0.717, 1.165) is 64.3 Å². The number of benzene rings is 2. The summed E-state index contributed by atoms with van der Waals surface area (Å²) in [4.78, 5) is 4.77. The Kier molecular flexibility index (Phi) is 10.6. The summed E-state index contributed by atoms with van der Waals surface area (Å²) in [5.74, 6) is 2.77. The summed E-state index contributed by atoms with van der Waals surface area (Å²) in [5.41, 5.74) is 5.46. The minimum atomic E-state index is 0.586. The maximum atomic E-state index is 6.06. The van der Waals surface area contributed by atoms with E-state index in [4.69, 9.17) is 19.0 Å². The molecule has 0 amide bonds. The monoisotopic (exact) mass is 439 g/mol. The van der Waals surface area contributed by atoms with E-state index in [1.807, 2.05) is 45.1 Å². The molecule has 2 aromatic carbocycles. The Morgan fingerprint density at radius 2 is 1.47 bits per heavy atom. The molecule has 0 aliphatic heterocycles. The zero-order valence-electron chi connectivity index (χ0n) is 20.4. The van der Waals surface area contributed by atoms with Crippen LogP contribution < -0.4 is 14.2 Å². The summed E-state index contributed by atoms with van der Waals surface area (Å²) in [7, 11) is 1.54. The van der Waals surface area contributed by atoms with Gasteiger partial charge in [0.25, 0.3) is 0 Å². The van der Waals surface area contributed by atoms with Crippen LogP contribution in [0.3, 0.4) is 0 Å². The molecule has 5 nitrogen and oxygen atoms in total. The number of rotatable bonds is 13. The van der Waals surface area contributed by atoms with Gasteiger partial charge >= 0.3 is 0 Å². The molecule has 0 bridgehead atoms. The molecule has 0 aliphatic rings. The minimum Gasteiger partial charge on any atom is -0.493 e. The molecule has 32 heavy (non-hydrogen) atoms. The molecule has 2 aromatic rings. The second-order valence-corrected chi connectivity index (χ2v) is 7.92. The summed E-state index contributed by atoms with van der Waals surface area (Å²) >= 11 is 0. The first-order chi connectivity index (χ1) is 15.5. The van der Waals surface area contributed by atoms with Gasteiger partial charge < -0.3 is 19.0 Å². The molecule has 0 spiro atoms. The molecule has 0 aliphatic carbocycles. The van der Waals surface area contributed by atoms with E-state index < -0.39 is 0 Å². The average Bonchev–Trinajstić information content (AvgIpc) is 2.75. The Morgan fingerprint density at radius 3 is 2.12 bits per heavy atom. The van der Waals surface area contributed by atoms with Crippen LogP contribution in [-0.2, 0) is 4.84 Å². The molecule has 0 aromatic heterocycles. The van der Waals surface area contributed by atoms with E-state index in [9.17, 15) is 0 Å². The van der Waals surface area contributed by atoms with Gasteiger partial charge in [-0.05, 0) is 106 Å². The van der Waals surface area contributed by atoms with E-state index in [0.29, 0.717) is 19.8 Å². The van der Waals surface area contributed by atoms with Crippen LogP contribution in [0.4, 0.5) is 0 Å². The van der Waals surface area contributed by atoms with Gasteiger partial charge in [0, 0.05) is 0 Å². The van der Waals surface area contributed by atoms with Gasteiger partial charge in [0.05, 0.1) is 19.4 Å². The molecule has 5 heteroatoms. The number of oxime groups is 1. The van der Waals surface area contributed by atoms with Crippen LogP contribution in [0.25, 0.3) is 0 Å². The van der Waals surface area contributed by atoms with Crippen molar-refractivity contribution in [3.63, 3.8) is 0 Å². The Balaban J connectivity index is 1.73. The molecule has 0 unspecified atom stereocenters. The maximum Gasteiger partial charge on any atom is 0.125 e. The quantitative estimate of drug-likeness (QED) is 0.155. The van der Waals surface area contributed by atoms with Gasteiger partial charge in [0.1, 0.15) is 31.0 Å². The fraction of sp³-hybridized carbons (Fsp3) is 0.444. The van der Waals surface area contributed by atoms with Gasteiger partial charge in [-0.1, -0.05) is 17.3 Å². The first kappa shape index (κ1) is 25.3. The Labute approximate surface area is 193 Å². The smallest absolute Gasteiger partial charge is 0.125 e. The largest absolute Gasteiger partial charge is 0.493 e. The second-order valence-electron chi connectivity index (χ2n) is 7.92. The van der Waals surface area contributed by atoms with Crippen LogP contribution in [-0.4, -0.2) is 33.1 Å². The van der Waals surface area contributed by atoms with E-state index in [1.165, 1.54) is 0 Å². The van der Waals surface area contributed by atoms with Gasteiger partial charge in [-0.15, -0.1) is 0 Å². The number of hydrogen-bond acceptors (Lipinski definition) is 5. The number of ether oxygens (including phenoxy) is 3. The maximum absolute atomic E-state index is 6.06. The van der Waals surface area contributed by atoms with Crippen LogP contribution in [0, 0.1) is 27.7 Å². The Bertz CT molecular complexity index is 895. The highest BCUT2D eigenvalue weighted by Crippen LogP contribution is 2.29. The molecule has 0 radical (unpaired) electrons. The van der Waals surface area contributed by atoms with Gasteiger partial charge in [0.2, 0.25) is 0 Å². The highest BCUT2D eigenvalue weighted by molar-refractivity contribution is 5.82. The number of nitrogens with zero attached hydrogens (tertiary/aromatic N) is 1. The third-order valence-electron chi connectivity index (χ3n) is 5.17. The molecule has 0 saturated heterocycles. The second kappa shape index (κ2) is 13.5. The molecular weight excluding hydrogens is 402 g/mol. The van der Waals surface area contributed by atoms with Crippen molar-refractivity contribution >= 4 is 6.21 Å². The first-order valence-electron chi connectivity index (χ1n) is 11.2. The molecule has 0 saturated carbocycles. The van der Waals surface area contributed by atoms with Gasteiger partial charge in [-0.3, -0.25) is 0 Å². The van der Waals surface area contributed by atoms with Crippen LogP contribution in [0.1, 0.15) is 54.0 Å². The first-order valence-corrected chi connectivity index (χ1v) is 11.2. The molecule has 2 rings (SSSR count). The summed E-state index contributed by atoms with van der Waals surface area (Å²) in [5, 5.41) is 3.84. The normalized spacial score (nSPS) is 11.3. The fourth-order valence-electron chi connectivity index (χ4n) is 3.42. The fourth-order valence-corrected chi connectivity index (χ4v) is 3.42. The lowest BCUT2D eigenvalue weighted by molar-refractivity contribution is 0.215. The lowest BCUT2D eigenvalue weighted by Gasteiger charge is -2.14. The van der Waals surface area contributed by atoms with Crippen LogP contribution >= 0.6 is 0 Å². The van der Waals surface area contributed by atoms with E-state index in [2.05, 4.69) is 31.1 Å². The molecule has 0 fully saturated rings. The Hall–Kier alpha value is -2.95. The average molecular weight is 440 g/mol. The van der Waals surface area contributed by atoms with Crippen LogP contribution in [0.15, 0.2) is 41.6 Å². The predicted octanol–water partition coefficient (Wildman–Crippen LogP) is 6.48. The lowest BCUT2D eigenvalue weighted by atomic mass is 10.1. The van der Waals surface area contributed by atoms with Gasteiger partial charge in [-0.25, -0.2) is 0 Å². The molecule has 0 atom stereocenters. The van der Waals surface area contributed by atoms with Crippen molar-refractivity contribution < 1.29 is 19.0 Å². The van der Waals surface area contributed by atoms with Crippen molar-refractivity contribution in [3.8, 4) is 17.2 Å².